The lowest BCUT2D eigenvalue weighted by Gasteiger charge is -2.40. The van der Waals surface area contributed by atoms with Gasteiger partial charge in [-0.3, -0.25) is 0 Å². The van der Waals surface area contributed by atoms with Gasteiger partial charge in [-0.05, 0) is 6.92 Å². The number of rotatable bonds is 1. The summed E-state index contributed by atoms with van der Waals surface area (Å²) in [5, 5.41) is 0. The van der Waals surface area contributed by atoms with Gasteiger partial charge >= 0.3 is 0 Å². The molecule has 10 heavy (non-hydrogen) atoms. The van der Waals surface area contributed by atoms with E-state index in [0.29, 0.717) is 0 Å². The number of alkyl halides is 2. The number of hydrogen-bond donors (Lipinski definition) is 0. The Balaban J connectivity index is 2.57. The van der Waals surface area contributed by atoms with Crippen molar-refractivity contribution in [3.63, 3.8) is 0 Å². The summed E-state index contributed by atoms with van der Waals surface area (Å²) < 4.78 is 24.3. The van der Waals surface area contributed by atoms with Gasteiger partial charge in [0.15, 0.2) is 0 Å². The van der Waals surface area contributed by atoms with E-state index in [-0.39, 0.29) is 12.8 Å². The van der Waals surface area contributed by atoms with Gasteiger partial charge in [-0.2, -0.15) is 4.99 Å². The van der Waals surface area contributed by atoms with Crippen molar-refractivity contribution < 1.29 is 13.6 Å². The van der Waals surface area contributed by atoms with Crippen LogP contribution in [0.2, 0.25) is 0 Å². The molecule has 2 nitrogen and oxygen atoms in total. The van der Waals surface area contributed by atoms with Crippen LogP contribution >= 0.6 is 0 Å². The molecule has 56 valence electrons. The zero-order valence-corrected chi connectivity index (χ0v) is 5.53. The molecular formula is C6H7F2NO. The van der Waals surface area contributed by atoms with Crippen molar-refractivity contribution in [1.82, 2.24) is 0 Å². The van der Waals surface area contributed by atoms with Crippen molar-refractivity contribution in [2.75, 3.05) is 0 Å². The Hall–Kier alpha value is -0.760. The minimum atomic E-state index is -2.62. The third kappa shape index (κ3) is 1.21. The Labute approximate surface area is 56.9 Å². The van der Waals surface area contributed by atoms with Crippen molar-refractivity contribution in [3.8, 4) is 0 Å². The molecule has 0 spiro atoms. The van der Waals surface area contributed by atoms with Crippen LogP contribution < -0.4 is 0 Å². The fourth-order valence-corrected chi connectivity index (χ4v) is 1.25. The van der Waals surface area contributed by atoms with Gasteiger partial charge < -0.3 is 0 Å². The van der Waals surface area contributed by atoms with E-state index >= 15 is 0 Å². The predicted octanol–water partition coefficient (Wildman–Crippen LogP) is 1.51. The Bertz CT molecular complexity index is 188. The van der Waals surface area contributed by atoms with Crippen molar-refractivity contribution in [1.29, 1.82) is 0 Å². The highest BCUT2D eigenvalue weighted by atomic mass is 19.3. The maximum atomic E-state index is 12.2. The number of isocyanates is 1. The van der Waals surface area contributed by atoms with Gasteiger partial charge in [-0.1, -0.05) is 0 Å². The van der Waals surface area contributed by atoms with Gasteiger partial charge in [-0.25, -0.2) is 13.6 Å². The zero-order chi connectivity index (χ0) is 7.83. The lowest BCUT2D eigenvalue weighted by atomic mass is 9.76. The number of halogens is 2. The summed E-state index contributed by atoms with van der Waals surface area (Å²) in [6.45, 7) is 1.52. The maximum absolute atomic E-state index is 12.2. The Morgan fingerprint density at radius 1 is 1.50 bits per heavy atom. The second-order valence-electron chi connectivity index (χ2n) is 2.91. The summed E-state index contributed by atoms with van der Waals surface area (Å²) in [6, 6.07) is 0. The highest BCUT2D eigenvalue weighted by Gasteiger charge is 2.54. The third-order valence-electron chi connectivity index (χ3n) is 1.59. The second kappa shape index (κ2) is 1.86. The number of hydrogen-bond acceptors (Lipinski definition) is 2. The van der Waals surface area contributed by atoms with Crippen LogP contribution in [0.4, 0.5) is 8.78 Å². The number of carbonyl (C=O) groups excluding carboxylic acids is 1. The molecular weight excluding hydrogens is 140 g/mol. The van der Waals surface area contributed by atoms with Gasteiger partial charge in [0.2, 0.25) is 6.08 Å². The van der Waals surface area contributed by atoms with E-state index < -0.39 is 11.5 Å². The lowest BCUT2D eigenvalue weighted by molar-refractivity contribution is -0.115. The predicted molar refractivity (Wildman–Crippen MR) is 30.7 cm³/mol. The van der Waals surface area contributed by atoms with E-state index in [9.17, 15) is 13.6 Å². The van der Waals surface area contributed by atoms with Gasteiger partial charge in [0.1, 0.15) is 0 Å². The van der Waals surface area contributed by atoms with E-state index in [1.807, 2.05) is 0 Å². The summed E-state index contributed by atoms with van der Waals surface area (Å²) in [5.74, 6) is -2.62. The van der Waals surface area contributed by atoms with E-state index in [1.54, 1.807) is 0 Å². The first-order chi connectivity index (χ1) is 4.47. The van der Waals surface area contributed by atoms with Crippen molar-refractivity contribution >= 4 is 6.08 Å². The molecule has 0 N–H and O–H groups in total. The molecule has 0 unspecified atom stereocenters. The largest absolute Gasteiger partial charge is 0.252 e. The summed E-state index contributed by atoms with van der Waals surface area (Å²) in [6.07, 6.45) is 0.641. The van der Waals surface area contributed by atoms with Crippen LogP contribution in [0.3, 0.4) is 0 Å². The normalized spacial score (nSPS) is 26.3. The lowest BCUT2D eigenvalue weighted by Crippen LogP contribution is -2.48. The summed E-state index contributed by atoms with van der Waals surface area (Å²) >= 11 is 0. The average molecular weight is 147 g/mol. The van der Waals surface area contributed by atoms with Crippen LogP contribution in [-0.4, -0.2) is 17.5 Å². The molecule has 0 heterocycles. The molecule has 4 heteroatoms. The molecule has 0 aromatic carbocycles. The smallest absolute Gasteiger partial charge is 0.211 e. The molecule has 1 aliphatic rings. The van der Waals surface area contributed by atoms with Crippen LogP contribution in [0.15, 0.2) is 4.99 Å². The molecule has 0 bridgehead atoms. The van der Waals surface area contributed by atoms with Gasteiger partial charge in [0, 0.05) is 12.8 Å². The van der Waals surface area contributed by atoms with E-state index in [1.165, 1.54) is 13.0 Å². The van der Waals surface area contributed by atoms with Crippen molar-refractivity contribution in [3.05, 3.63) is 0 Å². The number of nitrogens with zero attached hydrogens (tertiary/aromatic N) is 1. The van der Waals surface area contributed by atoms with Crippen molar-refractivity contribution in [2.45, 2.75) is 31.2 Å². The summed E-state index contributed by atoms with van der Waals surface area (Å²) in [5.41, 5.74) is -0.842. The SMILES string of the molecule is CC1(N=C=O)CC(F)(F)C1. The molecule has 0 aliphatic heterocycles. The molecule has 1 aliphatic carbocycles. The highest BCUT2D eigenvalue weighted by molar-refractivity contribution is 5.35. The average Bonchev–Trinajstić information content (AvgIpc) is 1.58. The molecule has 1 rings (SSSR count). The zero-order valence-electron chi connectivity index (χ0n) is 5.53. The van der Waals surface area contributed by atoms with E-state index in [0.717, 1.165) is 0 Å². The maximum Gasteiger partial charge on any atom is 0.252 e. The minimum absolute atomic E-state index is 0.324. The standard InChI is InChI=1S/C6H7F2NO/c1-5(9-4-10)2-6(7,8)3-5/h2-3H2,1H3. The van der Waals surface area contributed by atoms with E-state index in [2.05, 4.69) is 4.99 Å². The van der Waals surface area contributed by atoms with Crippen LogP contribution in [0, 0.1) is 0 Å². The van der Waals surface area contributed by atoms with Crippen LogP contribution in [-0.2, 0) is 4.79 Å². The van der Waals surface area contributed by atoms with Gasteiger partial charge in [-0.15, -0.1) is 0 Å². The second-order valence-corrected chi connectivity index (χ2v) is 2.91. The topological polar surface area (TPSA) is 29.4 Å². The fraction of sp³-hybridized carbons (Fsp3) is 0.833. The molecule has 0 saturated heterocycles. The first kappa shape index (κ1) is 7.35. The van der Waals surface area contributed by atoms with Crippen LogP contribution in [0.5, 0.6) is 0 Å². The van der Waals surface area contributed by atoms with E-state index in [4.69, 9.17) is 0 Å². The fourth-order valence-electron chi connectivity index (χ4n) is 1.25. The van der Waals surface area contributed by atoms with Crippen LogP contribution in [0.1, 0.15) is 19.8 Å². The summed E-state index contributed by atoms with van der Waals surface area (Å²) in [4.78, 5) is 13.0. The van der Waals surface area contributed by atoms with Gasteiger partial charge in [0.05, 0.1) is 5.54 Å². The van der Waals surface area contributed by atoms with Gasteiger partial charge in [0.25, 0.3) is 5.92 Å². The minimum Gasteiger partial charge on any atom is -0.211 e. The quantitative estimate of drug-likeness (QED) is 0.408. The first-order valence-corrected chi connectivity index (χ1v) is 2.94. The Morgan fingerprint density at radius 2 is 2.00 bits per heavy atom. The van der Waals surface area contributed by atoms with Crippen LogP contribution in [0.25, 0.3) is 0 Å². The summed E-state index contributed by atoms with van der Waals surface area (Å²) in [7, 11) is 0. The van der Waals surface area contributed by atoms with Crippen molar-refractivity contribution in [2.24, 2.45) is 4.99 Å². The monoisotopic (exact) mass is 147 g/mol. The Kier molecular flexibility index (Phi) is 1.37. The number of aliphatic imine (C=N–C) groups is 1. The molecule has 0 atom stereocenters. The molecule has 0 aromatic heterocycles. The first-order valence-electron chi connectivity index (χ1n) is 2.94. The molecule has 0 amide bonds. The molecule has 0 radical (unpaired) electrons. The molecule has 1 saturated carbocycles. The highest BCUT2D eigenvalue weighted by Crippen LogP contribution is 2.47. The Morgan fingerprint density at radius 3 is 2.30 bits per heavy atom. The molecule has 0 aromatic rings. The molecule has 1 fully saturated rings. The third-order valence-corrected chi connectivity index (χ3v) is 1.59.